The van der Waals surface area contributed by atoms with Crippen molar-refractivity contribution in [2.45, 2.75) is 38.3 Å². The minimum atomic E-state index is -0.224. The van der Waals surface area contributed by atoms with E-state index in [0.29, 0.717) is 12.6 Å². The summed E-state index contributed by atoms with van der Waals surface area (Å²) in [7, 11) is 0. The van der Waals surface area contributed by atoms with Crippen LogP contribution >= 0.6 is 0 Å². The standard InChI is InChI=1S/C19H27FN2O2/c20-13-17-7-4-10-22(14-17)18-8-11-21(12-9-18)19(23)24-15-16-5-2-1-3-6-16/h1-3,5-6,17-18H,4,7-15H2. The number of amides is 1. The minimum absolute atomic E-state index is 0.201. The zero-order valence-corrected chi connectivity index (χ0v) is 14.2. The molecule has 1 aromatic carbocycles. The summed E-state index contributed by atoms with van der Waals surface area (Å²) in [6.07, 6.45) is 3.79. The molecule has 1 unspecified atom stereocenters. The normalized spacial score (nSPS) is 23.2. The Morgan fingerprint density at radius 1 is 1.12 bits per heavy atom. The van der Waals surface area contributed by atoms with E-state index in [1.165, 1.54) is 0 Å². The van der Waals surface area contributed by atoms with Gasteiger partial charge < -0.3 is 9.64 Å². The molecule has 0 spiro atoms. The smallest absolute Gasteiger partial charge is 0.410 e. The molecule has 1 amide bonds. The minimum Gasteiger partial charge on any atom is -0.445 e. The lowest BCUT2D eigenvalue weighted by molar-refractivity contribution is 0.0504. The number of alkyl halides is 1. The molecule has 2 saturated heterocycles. The van der Waals surface area contributed by atoms with Crippen LogP contribution in [0.3, 0.4) is 0 Å². The first-order chi connectivity index (χ1) is 11.8. The molecule has 0 bridgehead atoms. The van der Waals surface area contributed by atoms with Crippen LogP contribution in [-0.4, -0.2) is 54.8 Å². The second-order valence-electron chi connectivity index (χ2n) is 6.92. The van der Waals surface area contributed by atoms with Crippen molar-refractivity contribution >= 4 is 6.09 Å². The van der Waals surface area contributed by atoms with E-state index < -0.39 is 0 Å². The predicted molar refractivity (Wildman–Crippen MR) is 91.5 cm³/mol. The molecule has 2 heterocycles. The molecular formula is C19H27FN2O2. The average molecular weight is 334 g/mol. The highest BCUT2D eigenvalue weighted by molar-refractivity contribution is 5.67. The number of piperidine rings is 2. The molecule has 5 heteroatoms. The van der Waals surface area contributed by atoms with E-state index in [9.17, 15) is 9.18 Å². The number of carbonyl (C=O) groups excluding carboxylic acids is 1. The first kappa shape index (κ1) is 17.2. The van der Waals surface area contributed by atoms with Crippen molar-refractivity contribution in [2.24, 2.45) is 5.92 Å². The summed E-state index contributed by atoms with van der Waals surface area (Å²) in [4.78, 5) is 16.4. The van der Waals surface area contributed by atoms with Gasteiger partial charge in [0.05, 0.1) is 6.67 Å². The van der Waals surface area contributed by atoms with Gasteiger partial charge in [-0.1, -0.05) is 30.3 Å². The fraction of sp³-hybridized carbons (Fsp3) is 0.632. The monoisotopic (exact) mass is 334 g/mol. The Hall–Kier alpha value is -1.62. The molecule has 2 aliphatic rings. The van der Waals surface area contributed by atoms with Crippen LogP contribution in [0.1, 0.15) is 31.2 Å². The Balaban J connectivity index is 1.42. The first-order valence-corrected chi connectivity index (χ1v) is 9.02. The van der Waals surface area contributed by atoms with Gasteiger partial charge in [0, 0.05) is 31.6 Å². The van der Waals surface area contributed by atoms with Crippen LogP contribution in [0, 0.1) is 5.92 Å². The molecule has 1 atom stereocenters. The van der Waals surface area contributed by atoms with Gasteiger partial charge in [0.25, 0.3) is 0 Å². The summed E-state index contributed by atoms with van der Waals surface area (Å²) in [5.41, 5.74) is 1.01. The fourth-order valence-corrected chi connectivity index (χ4v) is 3.78. The third-order valence-electron chi connectivity index (χ3n) is 5.21. The molecule has 0 aliphatic carbocycles. The number of carbonyl (C=O) groups is 1. The molecule has 0 radical (unpaired) electrons. The lowest BCUT2D eigenvalue weighted by Gasteiger charge is -2.41. The number of rotatable bonds is 4. The van der Waals surface area contributed by atoms with Crippen molar-refractivity contribution in [3.8, 4) is 0 Å². The summed E-state index contributed by atoms with van der Waals surface area (Å²) < 4.78 is 18.3. The largest absolute Gasteiger partial charge is 0.445 e. The van der Waals surface area contributed by atoms with Gasteiger partial charge in [0.1, 0.15) is 6.61 Å². The van der Waals surface area contributed by atoms with Gasteiger partial charge in [-0.25, -0.2) is 4.79 Å². The average Bonchev–Trinajstić information content (AvgIpc) is 2.67. The van der Waals surface area contributed by atoms with Gasteiger partial charge in [-0.05, 0) is 37.8 Å². The van der Waals surface area contributed by atoms with Crippen molar-refractivity contribution in [2.75, 3.05) is 32.9 Å². The summed E-state index contributed by atoms with van der Waals surface area (Å²) in [6.45, 7) is 3.52. The Kier molecular flexibility index (Phi) is 6.07. The molecule has 1 aromatic rings. The van der Waals surface area contributed by atoms with Crippen LogP contribution in [0.4, 0.5) is 9.18 Å². The molecule has 132 valence electrons. The predicted octanol–water partition coefficient (Wildman–Crippen LogP) is 3.47. The second-order valence-corrected chi connectivity index (χ2v) is 6.92. The number of hydrogen-bond donors (Lipinski definition) is 0. The Morgan fingerprint density at radius 2 is 1.88 bits per heavy atom. The quantitative estimate of drug-likeness (QED) is 0.845. The highest BCUT2D eigenvalue weighted by atomic mass is 19.1. The van der Waals surface area contributed by atoms with Crippen LogP contribution in [0.25, 0.3) is 0 Å². The van der Waals surface area contributed by atoms with Gasteiger partial charge in [0.2, 0.25) is 0 Å². The summed E-state index contributed by atoms with van der Waals surface area (Å²) >= 11 is 0. The lowest BCUT2D eigenvalue weighted by atomic mass is 9.95. The van der Waals surface area contributed by atoms with Gasteiger partial charge in [0.15, 0.2) is 0 Å². The maximum Gasteiger partial charge on any atom is 0.410 e. The van der Waals surface area contributed by atoms with Gasteiger partial charge >= 0.3 is 6.09 Å². The van der Waals surface area contributed by atoms with Crippen molar-refractivity contribution < 1.29 is 13.9 Å². The zero-order valence-electron chi connectivity index (χ0n) is 14.2. The van der Waals surface area contributed by atoms with E-state index in [4.69, 9.17) is 4.74 Å². The van der Waals surface area contributed by atoms with E-state index in [1.807, 2.05) is 30.3 Å². The highest BCUT2D eigenvalue weighted by Gasteiger charge is 2.30. The molecule has 0 saturated carbocycles. The topological polar surface area (TPSA) is 32.8 Å². The van der Waals surface area contributed by atoms with Crippen molar-refractivity contribution in [3.63, 3.8) is 0 Å². The summed E-state index contributed by atoms with van der Waals surface area (Å²) in [6, 6.07) is 10.2. The van der Waals surface area contributed by atoms with Crippen LogP contribution in [-0.2, 0) is 11.3 Å². The van der Waals surface area contributed by atoms with E-state index in [0.717, 1.165) is 57.4 Å². The number of benzene rings is 1. The molecular weight excluding hydrogens is 307 g/mol. The van der Waals surface area contributed by atoms with Crippen LogP contribution in [0.5, 0.6) is 0 Å². The van der Waals surface area contributed by atoms with Crippen molar-refractivity contribution in [3.05, 3.63) is 35.9 Å². The van der Waals surface area contributed by atoms with E-state index in [1.54, 1.807) is 4.90 Å². The molecule has 24 heavy (non-hydrogen) atoms. The maximum atomic E-state index is 12.9. The zero-order chi connectivity index (χ0) is 16.8. The van der Waals surface area contributed by atoms with Crippen LogP contribution < -0.4 is 0 Å². The Morgan fingerprint density at radius 3 is 2.58 bits per heavy atom. The Labute approximate surface area is 143 Å². The van der Waals surface area contributed by atoms with Crippen LogP contribution in [0.2, 0.25) is 0 Å². The number of likely N-dealkylation sites (tertiary alicyclic amines) is 2. The maximum absolute atomic E-state index is 12.9. The number of halogens is 1. The third-order valence-corrected chi connectivity index (χ3v) is 5.21. The number of nitrogens with zero attached hydrogens (tertiary/aromatic N) is 2. The SMILES string of the molecule is O=C(OCc1ccccc1)N1CCC(N2CCCC(CF)C2)CC1. The van der Waals surface area contributed by atoms with Gasteiger partial charge in [-0.3, -0.25) is 9.29 Å². The van der Waals surface area contributed by atoms with Gasteiger partial charge in [-0.15, -0.1) is 0 Å². The molecule has 4 nitrogen and oxygen atoms in total. The lowest BCUT2D eigenvalue weighted by Crippen LogP contribution is -2.49. The highest BCUT2D eigenvalue weighted by Crippen LogP contribution is 2.24. The van der Waals surface area contributed by atoms with Crippen LogP contribution in [0.15, 0.2) is 30.3 Å². The number of hydrogen-bond acceptors (Lipinski definition) is 3. The summed E-state index contributed by atoms with van der Waals surface area (Å²) in [5, 5.41) is 0. The van der Waals surface area contributed by atoms with E-state index in [2.05, 4.69) is 4.90 Å². The van der Waals surface area contributed by atoms with Crippen molar-refractivity contribution in [1.82, 2.24) is 9.80 Å². The Bertz CT molecular complexity index is 517. The van der Waals surface area contributed by atoms with E-state index in [-0.39, 0.29) is 18.7 Å². The third kappa shape index (κ3) is 4.47. The molecule has 0 aromatic heterocycles. The summed E-state index contributed by atoms with van der Waals surface area (Å²) in [5.74, 6) is 0.201. The van der Waals surface area contributed by atoms with Gasteiger partial charge in [-0.2, -0.15) is 0 Å². The van der Waals surface area contributed by atoms with Crippen molar-refractivity contribution in [1.29, 1.82) is 0 Å². The molecule has 2 aliphatic heterocycles. The second kappa shape index (κ2) is 8.47. The first-order valence-electron chi connectivity index (χ1n) is 9.02. The number of ether oxygens (including phenoxy) is 1. The fourth-order valence-electron chi connectivity index (χ4n) is 3.78. The molecule has 3 rings (SSSR count). The molecule has 0 N–H and O–H groups in total. The molecule has 2 fully saturated rings. The van der Waals surface area contributed by atoms with E-state index >= 15 is 0 Å².